The zero-order valence-corrected chi connectivity index (χ0v) is 16.4. The predicted molar refractivity (Wildman–Crippen MR) is 109 cm³/mol. The molecule has 1 aromatic heterocycles. The van der Waals surface area contributed by atoms with Gasteiger partial charge < -0.3 is 14.5 Å². The van der Waals surface area contributed by atoms with Crippen molar-refractivity contribution in [3.05, 3.63) is 78.1 Å². The Hall–Kier alpha value is -2.99. The highest BCUT2D eigenvalue weighted by molar-refractivity contribution is 5.76. The summed E-state index contributed by atoms with van der Waals surface area (Å²) in [6.07, 6.45) is 3.08. The highest BCUT2D eigenvalue weighted by Gasteiger charge is 2.09. The lowest BCUT2D eigenvalue weighted by atomic mass is 10.1. The number of aromatic nitrogens is 1. The number of hydrogen-bond acceptors (Lipinski definition) is 4. The topological polar surface area (TPSA) is 64.4 Å². The van der Waals surface area contributed by atoms with Gasteiger partial charge in [-0.15, -0.1) is 0 Å². The number of oxazole rings is 1. The predicted octanol–water partition coefficient (Wildman–Crippen LogP) is 4.70. The largest absolute Gasteiger partial charge is 0.441 e. The van der Waals surface area contributed by atoms with Gasteiger partial charge in [0.05, 0.1) is 12.3 Å². The van der Waals surface area contributed by atoms with Gasteiger partial charge in [-0.05, 0) is 43.2 Å². The number of halogens is 1. The highest BCUT2D eigenvalue weighted by Crippen LogP contribution is 2.21. The number of aryl methyl sites for hydroxylation is 1. The van der Waals surface area contributed by atoms with E-state index < -0.39 is 0 Å². The third-order valence-electron chi connectivity index (χ3n) is 4.53. The van der Waals surface area contributed by atoms with Crippen LogP contribution in [0.2, 0.25) is 0 Å². The van der Waals surface area contributed by atoms with Crippen molar-refractivity contribution in [3.8, 4) is 11.3 Å². The van der Waals surface area contributed by atoms with E-state index in [2.05, 4.69) is 10.3 Å². The van der Waals surface area contributed by atoms with Gasteiger partial charge in [0.25, 0.3) is 0 Å². The van der Waals surface area contributed by atoms with Gasteiger partial charge in [0, 0.05) is 31.6 Å². The van der Waals surface area contributed by atoms with Gasteiger partial charge >= 0.3 is 0 Å². The van der Waals surface area contributed by atoms with Crippen molar-refractivity contribution in [3.63, 3.8) is 0 Å². The molecule has 3 rings (SSSR count). The Balaban J connectivity index is 1.32. The Bertz CT molecular complexity index is 894. The van der Waals surface area contributed by atoms with Gasteiger partial charge in [-0.25, -0.2) is 9.37 Å². The van der Waals surface area contributed by atoms with E-state index in [9.17, 15) is 9.18 Å². The van der Waals surface area contributed by atoms with Crippen molar-refractivity contribution < 1.29 is 18.3 Å². The molecule has 152 valence electrons. The maximum absolute atomic E-state index is 13.0. The van der Waals surface area contributed by atoms with E-state index in [0.29, 0.717) is 37.6 Å². The summed E-state index contributed by atoms with van der Waals surface area (Å²) in [5.41, 5.74) is 1.89. The summed E-state index contributed by atoms with van der Waals surface area (Å²) in [5, 5.41) is 2.88. The van der Waals surface area contributed by atoms with Gasteiger partial charge in [-0.1, -0.05) is 30.3 Å². The van der Waals surface area contributed by atoms with Crippen molar-refractivity contribution in [1.29, 1.82) is 0 Å². The van der Waals surface area contributed by atoms with E-state index in [4.69, 9.17) is 9.15 Å². The summed E-state index contributed by atoms with van der Waals surface area (Å²) < 4.78 is 24.4. The molecule has 0 aliphatic carbocycles. The molecule has 2 aromatic carbocycles. The second-order valence-electron chi connectivity index (χ2n) is 6.75. The average Bonchev–Trinajstić information content (AvgIpc) is 3.22. The molecule has 0 radical (unpaired) electrons. The molecule has 3 aromatic rings. The molecule has 0 aliphatic heterocycles. The number of nitrogens with one attached hydrogen (secondary N) is 1. The second kappa shape index (κ2) is 10.5. The number of amides is 1. The number of ether oxygens (including phenoxy) is 1. The molecule has 0 bridgehead atoms. The third kappa shape index (κ3) is 6.54. The van der Waals surface area contributed by atoms with Crippen LogP contribution in [0.5, 0.6) is 0 Å². The van der Waals surface area contributed by atoms with E-state index in [0.717, 1.165) is 17.5 Å². The van der Waals surface area contributed by atoms with Gasteiger partial charge in [0.1, 0.15) is 5.82 Å². The molecule has 1 unspecified atom stereocenters. The van der Waals surface area contributed by atoms with Gasteiger partial charge in [-0.2, -0.15) is 0 Å². The quantitative estimate of drug-likeness (QED) is 0.505. The first-order valence-electron chi connectivity index (χ1n) is 9.75. The van der Waals surface area contributed by atoms with Crippen LogP contribution in [0.3, 0.4) is 0 Å². The molecule has 29 heavy (non-hydrogen) atoms. The molecule has 1 amide bonds. The molecule has 6 heteroatoms. The lowest BCUT2D eigenvalue weighted by Gasteiger charge is -2.13. The maximum atomic E-state index is 13.0. The van der Waals surface area contributed by atoms with E-state index in [1.165, 1.54) is 12.1 Å². The first-order valence-corrected chi connectivity index (χ1v) is 9.75. The number of carbonyl (C=O) groups excluding carboxylic acids is 1. The normalized spacial score (nSPS) is 11.9. The Kier molecular flexibility index (Phi) is 7.53. The van der Waals surface area contributed by atoms with Crippen molar-refractivity contribution >= 4 is 5.91 Å². The van der Waals surface area contributed by atoms with Crippen molar-refractivity contribution in [2.45, 2.75) is 32.3 Å². The van der Waals surface area contributed by atoms with E-state index in [1.807, 2.05) is 37.3 Å². The molecule has 1 atom stereocenters. The van der Waals surface area contributed by atoms with Crippen LogP contribution in [-0.4, -0.2) is 24.0 Å². The van der Waals surface area contributed by atoms with Crippen LogP contribution in [-0.2, 0) is 16.0 Å². The number of benzene rings is 2. The molecule has 0 saturated carbocycles. The Labute approximate surface area is 169 Å². The molecule has 5 nitrogen and oxygen atoms in total. The molecule has 0 aliphatic rings. The minimum Gasteiger partial charge on any atom is -0.441 e. The minimum atomic E-state index is -0.301. The van der Waals surface area contributed by atoms with Crippen molar-refractivity contribution in [2.24, 2.45) is 0 Å². The van der Waals surface area contributed by atoms with Crippen LogP contribution in [0.4, 0.5) is 4.39 Å². The number of hydrogen-bond donors (Lipinski definition) is 1. The Morgan fingerprint density at radius 3 is 2.69 bits per heavy atom. The second-order valence-corrected chi connectivity index (χ2v) is 6.75. The molecule has 0 spiro atoms. The van der Waals surface area contributed by atoms with E-state index >= 15 is 0 Å². The lowest BCUT2D eigenvalue weighted by molar-refractivity contribution is -0.121. The smallest absolute Gasteiger partial charge is 0.220 e. The molecule has 1 N–H and O–H groups in total. The van der Waals surface area contributed by atoms with Crippen LogP contribution in [0.1, 0.15) is 37.3 Å². The van der Waals surface area contributed by atoms with Crippen molar-refractivity contribution in [2.75, 3.05) is 13.2 Å². The van der Waals surface area contributed by atoms with Crippen LogP contribution >= 0.6 is 0 Å². The summed E-state index contributed by atoms with van der Waals surface area (Å²) in [5.74, 6) is 0.692. The van der Waals surface area contributed by atoms with Crippen molar-refractivity contribution in [1.82, 2.24) is 10.3 Å². The molecule has 1 heterocycles. The fourth-order valence-corrected chi connectivity index (χ4v) is 2.86. The summed E-state index contributed by atoms with van der Waals surface area (Å²) in [4.78, 5) is 16.2. The fourth-order valence-electron chi connectivity index (χ4n) is 2.86. The lowest BCUT2D eigenvalue weighted by Crippen LogP contribution is -2.25. The number of carbonyl (C=O) groups is 1. The number of rotatable bonds is 10. The van der Waals surface area contributed by atoms with Crippen LogP contribution < -0.4 is 5.32 Å². The van der Waals surface area contributed by atoms with Crippen LogP contribution in [0, 0.1) is 5.82 Å². The fraction of sp³-hybridized carbons (Fsp3) is 0.304. The standard InChI is InChI=1S/C23H25FN2O3/c1-17(18-6-3-2-4-7-18)28-15-5-14-25-22(27)12-13-23-26-16-21(29-23)19-8-10-20(24)11-9-19/h2-4,6-11,16-17H,5,12-15H2,1H3,(H,25,27). The average molecular weight is 396 g/mol. The van der Waals surface area contributed by atoms with Crippen LogP contribution in [0.25, 0.3) is 11.3 Å². The summed E-state index contributed by atoms with van der Waals surface area (Å²) in [6, 6.07) is 16.0. The summed E-state index contributed by atoms with van der Waals surface area (Å²) in [6.45, 7) is 3.16. The molecular weight excluding hydrogens is 371 g/mol. The van der Waals surface area contributed by atoms with Gasteiger partial charge in [0.15, 0.2) is 11.7 Å². The minimum absolute atomic E-state index is 0.0345. The zero-order chi connectivity index (χ0) is 20.5. The van der Waals surface area contributed by atoms with E-state index in [-0.39, 0.29) is 17.8 Å². The molecule has 0 saturated heterocycles. The maximum Gasteiger partial charge on any atom is 0.220 e. The Morgan fingerprint density at radius 1 is 1.17 bits per heavy atom. The number of nitrogens with zero attached hydrogens (tertiary/aromatic N) is 1. The summed E-state index contributed by atoms with van der Waals surface area (Å²) in [7, 11) is 0. The Morgan fingerprint density at radius 2 is 1.93 bits per heavy atom. The van der Waals surface area contributed by atoms with Gasteiger partial charge in [-0.3, -0.25) is 4.79 Å². The summed E-state index contributed by atoms with van der Waals surface area (Å²) >= 11 is 0. The first kappa shape index (κ1) is 20.7. The van der Waals surface area contributed by atoms with Gasteiger partial charge in [0.2, 0.25) is 5.91 Å². The molecule has 0 fully saturated rings. The molecular formula is C23H25FN2O3. The van der Waals surface area contributed by atoms with E-state index in [1.54, 1.807) is 18.3 Å². The SMILES string of the molecule is CC(OCCCNC(=O)CCc1ncc(-c2ccc(F)cc2)o1)c1ccccc1. The zero-order valence-electron chi connectivity index (χ0n) is 16.4. The third-order valence-corrected chi connectivity index (χ3v) is 4.53. The van der Waals surface area contributed by atoms with Crippen LogP contribution in [0.15, 0.2) is 65.2 Å². The first-order chi connectivity index (χ1) is 14.1. The monoisotopic (exact) mass is 396 g/mol. The highest BCUT2D eigenvalue weighted by atomic mass is 19.1.